The van der Waals surface area contributed by atoms with Crippen molar-refractivity contribution < 1.29 is 14.6 Å². The fourth-order valence-electron chi connectivity index (χ4n) is 5.05. The number of aryl methyl sites for hydroxylation is 1. The Morgan fingerprint density at radius 2 is 2.00 bits per heavy atom. The summed E-state index contributed by atoms with van der Waals surface area (Å²) in [6.45, 7) is 2.99. The lowest BCUT2D eigenvalue weighted by Gasteiger charge is -2.21. The number of hydrogen-bond donors (Lipinski definition) is 1. The lowest BCUT2D eigenvalue weighted by Crippen LogP contribution is -2.13. The summed E-state index contributed by atoms with van der Waals surface area (Å²) in [5.41, 5.74) is 6.92. The van der Waals surface area contributed by atoms with Crippen LogP contribution in [0.2, 0.25) is 0 Å². The topological polar surface area (TPSA) is 81.4 Å². The lowest BCUT2D eigenvalue weighted by atomic mass is 9.90. The summed E-state index contributed by atoms with van der Waals surface area (Å²) in [6.07, 6.45) is 2.45. The minimum Gasteiger partial charge on any atom is -0.493 e. The second-order valence-electron chi connectivity index (χ2n) is 8.81. The van der Waals surface area contributed by atoms with Crippen LogP contribution in [0, 0.1) is 6.92 Å². The maximum atomic E-state index is 13.2. The fraction of sp³-hybridized carbons (Fsp3) is 0.179. The molecule has 6 nitrogen and oxygen atoms in total. The molecule has 2 aromatic heterocycles. The molecule has 1 aliphatic heterocycles. The fourth-order valence-corrected chi connectivity index (χ4v) is 6.10. The summed E-state index contributed by atoms with van der Waals surface area (Å²) in [7, 11) is 0. The van der Waals surface area contributed by atoms with Crippen LogP contribution in [-0.2, 0) is 24.2 Å². The Kier molecular flexibility index (Phi) is 5.15. The number of hydrogen-bond acceptors (Lipinski definition) is 5. The minimum atomic E-state index is -0.913. The van der Waals surface area contributed by atoms with E-state index in [4.69, 9.17) is 9.72 Å². The van der Waals surface area contributed by atoms with E-state index in [9.17, 15) is 14.7 Å². The van der Waals surface area contributed by atoms with Crippen molar-refractivity contribution in [3.63, 3.8) is 0 Å². The molecule has 3 heterocycles. The maximum absolute atomic E-state index is 13.2. The molecule has 7 heteroatoms. The smallest absolute Gasteiger partial charge is 0.308 e. The Morgan fingerprint density at radius 1 is 1.17 bits per heavy atom. The van der Waals surface area contributed by atoms with Gasteiger partial charge in [0.15, 0.2) is 0 Å². The van der Waals surface area contributed by atoms with Crippen molar-refractivity contribution >= 4 is 38.4 Å². The zero-order valence-electron chi connectivity index (χ0n) is 19.1. The third-order valence-corrected chi connectivity index (χ3v) is 7.65. The molecule has 35 heavy (non-hydrogen) atoms. The van der Waals surface area contributed by atoms with Gasteiger partial charge in [0.1, 0.15) is 5.75 Å². The van der Waals surface area contributed by atoms with E-state index in [-0.39, 0.29) is 11.3 Å². The van der Waals surface area contributed by atoms with Crippen molar-refractivity contribution in [1.82, 2.24) is 9.55 Å². The van der Waals surface area contributed by atoms with Gasteiger partial charge in [0.25, 0.3) is 0 Å². The summed E-state index contributed by atoms with van der Waals surface area (Å²) in [5.74, 6) is -0.125. The first kappa shape index (κ1) is 21.6. The van der Waals surface area contributed by atoms with E-state index >= 15 is 0 Å². The monoisotopic (exact) mass is 482 g/mol. The molecule has 0 bridgehead atoms. The Bertz CT molecular complexity index is 1670. The molecule has 0 unspecified atom stereocenters. The summed E-state index contributed by atoms with van der Waals surface area (Å²) >= 11 is 1.16. The Hall–Kier alpha value is -3.97. The zero-order valence-corrected chi connectivity index (χ0v) is 19.9. The van der Waals surface area contributed by atoms with Crippen molar-refractivity contribution in [3.8, 4) is 16.9 Å². The van der Waals surface area contributed by atoms with Gasteiger partial charge in [0, 0.05) is 29.1 Å². The predicted octanol–water partition coefficient (Wildman–Crippen LogP) is 5.20. The number of thiazole rings is 1. The highest BCUT2D eigenvalue weighted by atomic mass is 32.1. The van der Waals surface area contributed by atoms with E-state index in [2.05, 4.69) is 0 Å². The number of aromatic nitrogens is 2. The van der Waals surface area contributed by atoms with E-state index in [0.29, 0.717) is 18.7 Å². The van der Waals surface area contributed by atoms with E-state index in [0.717, 1.165) is 72.4 Å². The third-order valence-electron chi connectivity index (χ3n) is 6.64. The second-order valence-corrected chi connectivity index (χ2v) is 9.77. The first-order valence-corrected chi connectivity index (χ1v) is 12.3. The number of rotatable bonds is 5. The minimum absolute atomic E-state index is 0.0731. The maximum Gasteiger partial charge on any atom is 0.308 e. The van der Waals surface area contributed by atoms with Crippen LogP contribution in [0.5, 0.6) is 5.75 Å². The van der Waals surface area contributed by atoms with Crippen LogP contribution in [0.25, 0.3) is 32.2 Å². The van der Waals surface area contributed by atoms with Gasteiger partial charge < -0.3 is 9.84 Å². The summed E-state index contributed by atoms with van der Waals surface area (Å²) in [4.78, 5) is 29.7. The first-order chi connectivity index (χ1) is 17.0. The number of ether oxygens (including phenoxy) is 1. The molecule has 0 atom stereocenters. The quantitative estimate of drug-likeness (QED) is 0.373. The van der Waals surface area contributed by atoms with Gasteiger partial charge in [0.2, 0.25) is 0 Å². The van der Waals surface area contributed by atoms with Crippen molar-refractivity contribution in [1.29, 1.82) is 0 Å². The first-order valence-electron chi connectivity index (χ1n) is 11.5. The molecule has 5 aromatic rings. The molecule has 174 valence electrons. The number of carboxylic acids is 1. The molecular formula is C28H22N2O4S. The largest absolute Gasteiger partial charge is 0.493 e. The van der Waals surface area contributed by atoms with E-state index < -0.39 is 5.97 Å². The van der Waals surface area contributed by atoms with Crippen LogP contribution in [0.3, 0.4) is 0 Å². The molecule has 0 saturated carbocycles. The molecular weight excluding hydrogens is 460 g/mol. The van der Waals surface area contributed by atoms with Crippen LogP contribution in [0.15, 0.2) is 65.6 Å². The van der Waals surface area contributed by atoms with Crippen LogP contribution in [-0.4, -0.2) is 27.2 Å². The molecule has 0 radical (unpaired) electrons. The van der Waals surface area contributed by atoms with Gasteiger partial charge in [-0.15, -0.1) is 0 Å². The van der Waals surface area contributed by atoms with Crippen LogP contribution in [0.4, 0.5) is 0 Å². The van der Waals surface area contributed by atoms with Crippen LogP contribution >= 0.6 is 11.3 Å². The Morgan fingerprint density at radius 3 is 2.80 bits per heavy atom. The van der Waals surface area contributed by atoms with E-state index in [1.807, 2.05) is 61.5 Å². The highest BCUT2D eigenvalue weighted by molar-refractivity contribution is 7.17. The summed E-state index contributed by atoms with van der Waals surface area (Å²) in [5, 5.41) is 10.7. The molecule has 0 saturated heterocycles. The second kappa shape index (κ2) is 8.36. The molecule has 0 spiro atoms. The molecule has 6 rings (SSSR count). The van der Waals surface area contributed by atoms with Crippen LogP contribution in [0.1, 0.15) is 22.3 Å². The van der Waals surface area contributed by atoms with Gasteiger partial charge in [0.05, 0.1) is 35.3 Å². The molecule has 1 N–H and O–H groups in total. The van der Waals surface area contributed by atoms with Crippen molar-refractivity contribution in [2.45, 2.75) is 26.3 Å². The van der Waals surface area contributed by atoms with Gasteiger partial charge in [-0.25, -0.2) is 0 Å². The van der Waals surface area contributed by atoms with E-state index in [1.165, 1.54) is 0 Å². The summed E-state index contributed by atoms with van der Waals surface area (Å²) in [6, 6.07) is 17.7. The molecule has 0 amide bonds. The van der Waals surface area contributed by atoms with Gasteiger partial charge in [-0.3, -0.25) is 19.1 Å². The zero-order chi connectivity index (χ0) is 24.1. The lowest BCUT2D eigenvalue weighted by molar-refractivity contribution is -0.136. The number of aliphatic carboxylic acids is 1. The molecule has 3 aromatic carbocycles. The highest BCUT2D eigenvalue weighted by Gasteiger charge is 2.24. The molecule has 0 aliphatic carbocycles. The Balaban J connectivity index is 1.68. The van der Waals surface area contributed by atoms with E-state index in [1.54, 1.807) is 10.8 Å². The summed E-state index contributed by atoms with van der Waals surface area (Å²) < 4.78 is 8.46. The number of fused-ring (bicyclic) bond motifs is 1. The van der Waals surface area contributed by atoms with Gasteiger partial charge in [-0.05, 0) is 53.4 Å². The molecule has 1 aliphatic rings. The van der Waals surface area contributed by atoms with Gasteiger partial charge in [-0.2, -0.15) is 0 Å². The van der Waals surface area contributed by atoms with Gasteiger partial charge in [-0.1, -0.05) is 41.7 Å². The standard InChI is InChI=1S/C28H22N2O4S/c1-16-13-21-27(35-28(33)30(21)15-17-5-3-2-4-6-17)25(20(16)14-23(31)32)19-7-8-22-24-18(10-12-34-22)9-11-29-26(19)24/h2-9,11,13H,10,12,14-15H2,1H3,(H,31,32). The number of nitrogens with zero attached hydrogens (tertiary/aromatic N) is 2. The number of pyridine rings is 1. The SMILES string of the molecule is Cc1cc2c(sc(=O)n2Cc2ccccc2)c(-c2ccc3c4c(ccnc24)CCO3)c1CC(=O)O. The average molecular weight is 483 g/mol. The normalized spacial score (nSPS) is 12.7. The third kappa shape index (κ3) is 3.59. The number of carbonyl (C=O) groups is 1. The average Bonchev–Trinajstić information content (AvgIpc) is 3.15. The highest BCUT2D eigenvalue weighted by Crippen LogP contribution is 2.43. The number of carboxylic acid groups (broad SMARTS) is 1. The molecule has 0 fully saturated rings. The van der Waals surface area contributed by atoms with Crippen LogP contribution < -0.4 is 9.61 Å². The number of benzene rings is 3. The Labute approximate surface area is 205 Å². The predicted molar refractivity (Wildman–Crippen MR) is 138 cm³/mol. The van der Waals surface area contributed by atoms with Gasteiger partial charge >= 0.3 is 10.8 Å². The van der Waals surface area contributed by atoms with Crippen molar-refractivity contribution in [2.75, 3.05) is 6.61 Å². The van der Waals surface area contributed by atoms with Crippen molar-refractivity contribution in [3.05, 3.63) is 92.7 Å². The van der Waals surface area contributed by atoms with Crippen molar-refractivity contribution in [2.24, 2.45) is 0 Å².